The predicted octanol–water partition coefficient (Wildman–Crippen LogP) is 2.86. The Morgan fingerprint density at radius 3 is 2.43 bits per heavy atom. The molecule has 23 heavy (non-hydrogen) atoms. The van der Waals surface area contributed by atoms with Crippen LogP contribution in [-0.4, -0.2) is 22.8 Å². The maximum absolute atomic E-state index is 12.1. The van der Waals surface area contributed by atoms with Crippen molar-refractivity contribution in [3.05, 3.63) is 64.6 Å². The first-order chi connectivity index (χ1) is 11.0. The number of nitrogens with zero attached hydrogens (tertiary/aromatic N) is 1. The lowest BCUT2D eigenvalue weighted by Gasteiger charge is -2.19. The molecule has 0 bridgehead atoms. The number of carboxylic acids is 1. The molecule has 0 fully saturated rings. The summed E-state index contributed by atoms with van der Waals surface area (Å²) in [6.07, 6.45) is 1.69. The lowest BCUT2D eigenvalue weighted by Crippen LogP contribution is -2.14. The molecule has 0 unspecified atom stereocenters. The number of benzene rings is 2. The van der Waals surface area contributed by atoms with E-state index in [1.54, 1.807) is 23.9 Å². The van der Waals surface area contributed by atoms with Gasteiger partial charge in [0.2, 0.25) is 5.43 Å². The fourth-order valence-corrected chi connectivity index (χ4v) is 2.79. The van der Waals surface area contributed by atoms with Gasteiger partial charge in [-0.3, -0.25) is 4.79 Å². The van der Waals surface area contributed by atoms with Gasteiger partial charge < -0.3 is 14.4 Å². The number of carboxylic acid groups (broad SMARTS) is 1. The van der Waals surface area contributed by atoms with Crippen molar-refractivity contribution in [2.75, 3.05) is 7.11 Å². The molecule has 1 N–H and O–H groups in total. The largest absolute Gasteiger partial charge is 0.493 e. The van der Waals surface area contributed by atoms with Crippen molar-refractivity contribution in [1.29, 1.82) is 0 Å². The summed E-state index contributed by atoms with van der Waals surface area (Å²) in [5, 5.41) is 9.61. The Balaban J connectivity index is 2.48. The zero-order valence-electron chi connectivity index (χ0n) is 12.7. The number of fused-ring (bicyclic) bond motifs is 1. The maximum atomic E-state index is 12.1. The summed E-state index contributed by atoms with van der Waals surface area (Å²) in [7, 11) is 3.11. The lowest BCUT2D eigenvalue weighted by molar-refractivity contribution is 0.0686. The molecule has 0 spiro atoms. The monoisotopic (exact) mass is 309 g/mol. The number of hydrogen-bond donors (Lipinski definition) is 1. The number of methoxy groups -OCH3 is 1. The van der Waals surface area contributed by atoms with E-state index in [9.17, 15) is 14.7 Å². The van der Waals surface area contributed by atoms with Crippen molar-refractivity contribution in [3.8, 4) is 28.0 Å². The van der Waals surface area contributed by atoms with Crippen LogP contribution < -0.4 is 10.2 Å². The second-order valence-corrected chi connectivity index (χ2v) is 5.23. The molecule has 0 saturated heterocycles. The number of aromatic carboxylic acids is 1. The Kier molecular flexibility index (Phi) is 3.62. The maximum Gasteiger partial charge on any atom is 0.353 e. The smallest absolute Gasteiger partial charge is 0.353 e. The third-order valence-electron chi connectivity index (χ3n) is 3.79. The van der Waals surface area contributed by atoms with E-state index in [1.165, 1.54) is 13.2 Å². The number of hydrogen-bond acceptors (Lipinski definition) is 3. The molecule has 3 rings (SSSR count). The van der Waals surface area contributed by atoms with E-state index in [0.717, 1.165) is 11.1 Å². The van der Waals surface area contributed by atoms with Crippen molar-refractivity contribution in [2.45, 2.75) is 0 Å². The minimum atomic E-state index is -1.04. The molecular formula is C18H15NO4. The predicted molar refractivity (Wildman–Crippen MR) is 87.3 cm³/mol. The van der Waals surface area contributed by atoms with E-state index in [2.05, 4.69) is 0 Å². The van der Waals surface area contributed by atoms with Gasteiger partial charge in [-0.1, -0.05) is 30.3 Å². The highest BCUT2D eigenvalue weighted by atomic mass is 16.5. The molecule has 2 aliphatic rings. The summed E-state index contributed by atoms with van der Waals surface area (Å²) in [6, 6.07) is 12.3. The number of rotatable bonds is 3. The van der Waals surface area contributed by atoms with Crippen LogP contribution in [0.25, 0.3) is 22.3 Å². The second kappa shape index (κ2) is 5.61. The van der Waals surface area contributed by atoms with E-state index in [4.69, 9.17) is 4.74 Å². The first-order valence-corrected chi connectivity index (χ1v) is 7.03. The quantitative estimate of drug-likeness (QED) is 0.808. The molecule has 1 heterocycles. The highest BCUT2D eigenvalue weighted by Crippen LogP contribution is 2.36. The van der Waals surface area contributed by atoms with Gasteiger partial charge in [-0.15, -0.1) is 0 Å². The average molecular weight is 309 g/mol. The zero-order valence-corrected chi connectivity index (χ0v) is 12.7. The zero-order chi connectivity index (χ0) is 16.6. The number of aryl methyl sites for hydroxylation is 1. The Hall–Kier alpha value is -3.08. The van der Waals surface area contributed by atoms with Gasteiger partial charge in [0.25, 0.3) is 0 Å². The summed E-state index contributed by atoms with van der Waals surface area (Å²) in [5.41, 5.74) is 2.47. The molecule has 0 aromatic heterocycles. The molecule has 0 atom stereocenters. The van der Waals surface area contributed by atoms with Crippen molar-refractivity contribution in [3.63, 3.8) is 0 Å². The van der Waals surface area contributed by atoms with Crippen LogP contribution in [0.3, 0.4) is 0 Å². The number of pyridine rings is 1. The Bertz CT molecular complexity index is 912. The van der Waals surface area contributed by atoms with E-state index < -0.39 is 5.97 Å². The van der Waals surface area contributed by atoms with Crippen LogP contribution in [0.15, 0.2) is 53.5 Å². The van der Waals surface area contributed by atoms with Crippen LogP contribution in [0.4, 0.5) is 0 Å². The van der Waals surface area contributed by atoms with Crippen molar-refractivity contribution in [1.82, 2.24) is 4.57 Å². The van der Waals surface area contributed by atoms with Gasteiger partial charge >= 0.3 is 5.97 Å². The van der Waals surface area contributed by atoms with Gasteiger partial charge in [0, 0.05) is 24.4 Å². The first kappa shape index (κ1) is 14.8. The second-order valence-electron chi connectivity index (χ2n) is 5.23. The molecule has 5 heteroatoms. The molecule has 1 aromatic carbocycles. The highest BCUT2D eigenvalue weighted by molar-refractivity contribution is 6.00. The number of ether oxygens (including phenoxy) is 1. The van der Waals surface area contributed by atoms with Crippen LogP contribution >= 0.6 is 0 Å². The van der Waals surface area contributed by atoms with Crippen molar-refractivity contribution in [2.24, 2.45) is 7.05 Å². The fourth-order valence-electron chi connectivity index (χ4n) is 2.79. The first-order valence-electron chi connectivity index (χ1n) is 7.03. The highest BCUT2D eigenvalue weighted by Gasteiger charge is 2.22. The molecule has 116 valence electrons. The minimum absolute atomic E-state index is 0.133. The topological polar surface area (TPSA) is 68.5 Å². The summed E-state index contributed by atoms with van der Waals surface area (Å²) in [4.78, 5) is 23.9. The number of aromatic nitrogens is 1. The van der Waals surface area contributed by atoms with Gasteiger partial charge in [0.1, 0.15) is 5.69 Å². The third kappa shape index (κ3) is 2.46. The molecule has 0 radical (unpaired) electrons. The van der Waals surface area contributed by atoms with Crippen LogP contribution in [0.2, 0.25) is 0 Å². The Morgan fingerprint density at radius 1 is 1.13 bits per heavy atom. The molecular weight excluding hydrogens is 294 g/mol. The average Bonchev–Trinajstić information content (AvgIpc) is 2.54. The third-order valence-corrected chi connectivity index (χ3v) is 3.79. The van der Waals surface area contributed by atoms with Gasteiger partial charge in [-0.25, -0.2) is 4.79 Å². The normalized spacial score (nSPS) is 10.7. The van der Waals surface area contributed by atoms with Crippen LogP contribution in [0.1, 0.15) is 10.5 Å². The Morgan fingerprint density at radius 2 is 1.83 bits per heavy atom. The van der Waals surface area contributed by atoms with Crippen molar-refractivity contribution < 1.29 is 14.6 Å². The summed E-state index contributed by atoms with van der Waals surface area (Å²) < 4.78 is 6.63. The molecule has 1 aliphatic carbocycles. The van der Waals surface area contributed by atoms with Gasteiger partial charge in [-0.2, -0.15) is 0 Å². The van der Waals surface area contributed by atoms with Gasteiger partial charge in [0.15, 0.2) is 5.75 Å². The van der Waals surface area contributed by atoms with Crippen LogP contribution in [-0.2, 0) is 7.05 Å². The van der Waals surface area contributed by atoms with Crippen LogP contribution in [0.5, 0.6) is 5.75 Å². The molecule has 1 aliphatic heterocycles. The summed E-state index contributed by atoms with van der Waals surface area (Å²) in [6.45, 7) is 0. The van der Waals surface area contributed by atoms with E-state index in [-0.39, 0.29) is 16.9 Å². The molecule has 1 aromatic rings. The van der Waals surface area contributed by atoms with Crippen molar-refractivity contribution >= 4 is 5.97 Å². The molecule has 0 saturated carbocycles. The van der Waals surface area contributed by atoms with Gasteiger partial charge in [0.05, 0.1) is 7.11 Å². The molecule has 0 amide bonds. The Labute approximate surface area is 132 Å². The van der Waals surface area contributed by atoms with E-state index >= 15 is 0 Å². The standard InChI is InChI=1S/C18H15NO4/c1-19-10-12-8-15(23-2)14(20)9-13(12)16(17(19)18(21)22)11-6-4-3-5-7-11/h3-10H,1-2H3,(H,21,22). The SMILES string of the molecule is COc1cc2cn(C)c(C(=O)O)c(-c3ccccc3)c-2cc1=O. The number of carbonyl (C=O) groups is 1. The summed E-state index contributed by atoms with van der Waals surface area (Å²) in [5.74, 6) is -0.809. The van der Waals surface area contributed by atoms with Gasteiger partial charge in [-0.05, 0) is 23.3 Å². The van der Waals surface area contributed by atoms with Crippen LogP contribution in [0, 0.1) is 0 Å². The van der Waals surface area contributed by atoms with E-state index in [0.29, 0.717) is 11.1 Å². The minimum Gasteiger partial charge on any atom is -0.493 e. The van der Waals surface area contributed by atoms with E-state index in [1.807, 2.05) is 30.3 Å². The fraction of sp³-hybridized carbons (Fsp3) is 0.111. The summed E-state index contributed by atoms with van der Waals surface area (Å²) >= 11 is 0. The lowest BCUT2D eigenvalue weighted by atomic mass is 9.92. The molecule has 5 nitrogen and oxygen atoms in total.